The van der Waals surface area contributed by atoms with Crippen molar-refractivity contribution >= 4 is 21.8 Å². The molecule has 0 aromatic heterocycles. The van der Waals surface area contributed by atoms with E-state index in [0.717, 1.165) is 17.3 Å². The van der Waals surface area contributed by atoms with Crippen LogP contribution in [0.1, 0.15) is 45.2 Å². The number of nitrogens with one attached hydrogen (secondary N) is 2. The molecule has 0 radical (unpaired) electrons. The lowest BCUT2D eigenvalue weighted by atomic mass is 10.1. The molecule has 1 atom stereocenters. The number of carbonyl (C=O) groups excluding carboxylic acids is 1. The number of halogens is 1. The van der Waals surface area contributed by atoms with Crippen molar-refractivity contribution in [1.82, 2.24) is 10.6 Å². The number of benzene rings is 1. The number of hydrogen-bond acceptors (Lipinski definition) is 2. The third-order valence-corrected chi connectivity index (χ3v) is 3.76. The molecule has 2 N–H and O–H groups in total. The molecule has 0 aliphatic rings. The summed E-state index contributed by atoms with van der Waals surface area (Å²) in [6.07, 6.45) is 1.95. The molecular weight excluding hydrogens is 304 g/mol. The van der Waals surface area contributed by atoms with Gasteiger partial charge in [-0.1, -0.05) is 41.9 Å². The fourth-order valence-corrected chi connectivity index (χ4v) is 2.33. The van der Waals surface area contributed by atoms with Crippen LogP contribution in [0.4, 0.5) is 0 Å². The van der Waals surface area contributed by atoms with Crippen LogP contribution in [-0.2, 0) is 4.79 Å². The van der Waals surface area contributed by atoms with Crippen LogP contribution in [0, 0.1) is 0 Å². The Balaban J connectivity index is 2.41. The van der Waals surface area contributed by atoms with E-state index >= 15 is 0 Å². The second-order valence-corrected chi connectivity index (χ2v) is 5.65. The van der Waals surface area contributed by atoms with Gasteiger partial charge in [0.2, 0.25) is 5.91 Å². The van der Waals surface area contributed by atoms with E-state index in [-0.39, 0.29) is 18.0 Å². The average molecular weight is 327 g/mol. The highest BCUT2D eigenvalue weighted by Gasteiger charge is 2.10. The van der Waals surface area contributed by atoms with Crippen molar-refractivity contribution in [3.8, 4) is 0 Å². The molecule has 1 aromatic rings. The Morgan fingerprint density at radius 2 is 2.00 bits per heavy atom. The maximum absolute atomic E-state index is 11.8. The lowest BCUT2D eigenvalue weighted by Crippen LogP contribution is -2.40. The molecule has 1 amide bonds. The van der Waals surface area contributed by atoms with Crippen LogP contribution in [0.2, 0.25) is 0 Å². The number of hydrogen-bond donors (Lipinski definition) is 2. The third kappa shape index (κ3) is 5.74. The molecule has 106 valence electrons. The van der Waals surface area contributed by atoms with Crippen molar-refractivity contribution in [3.63, 3.8) is 0 Å². The maximum Gasteiger partial charge on any atom is 0.234 e. The van der Waals surface area contributed by atoms with E-state index in [1.165, 1.54) is 5.56 Å². The summed E-state index contributed by atoms with van der Waals surface area (Å²) in [4.78, 5) is 11.8. The van der Waals surface area contributed by atoms with Gasteiger partial charge in [0.05, 0.1) is 6.54 Å². The molecule has 0 saturated carbocycles. The first kappa shape index (κ1) is 16.2. The third-order valence-electron chi connectivity index (χ3n) is 3.27. The van der Waals surface area contributed by atoms with E-state index in [2.05, 4.69) is 59.5 Å². The van der Waals surface area contributed by atoms with Gasteiger partial charge in [0, 0.05) is 16.6 Å². The molecule has 0 aliphatic heterocycles. The normalized spacial score (nSPS) is 12.5. The van der Waals surface area contributed by atoms with Crippen LogP contribution in [-0.4, -0.2) is 18.5 Å². The van der Waals surface area contributed by atoms with E-state index in [0.29, 0.717) is 6.54 Å². The Hall–Kier alpha value is -0.870. The van der Waals surface area contributed by atoms with Crippen molar-refractivity contribution < 1.29 is 4.79 Å². The zero-order chi connectivity index (χ0) is 14.3. The number of rotatable bonds is 7. The van der Waals surface area contributed by atoms with Gasteiger partial charge in [-0.25, -0.2) is 0 Å². The summed E-state index contributed by atoms with van der Waals surface area (Å²) in [7, 11) is 0. The molecule has 1 aromatic carbocycles. The summed E-state index contributed by atoms with van der Waals surface area (Å²) in [6, 6.07) is 8.57. The Morgan fingerprint density at radius 3 is 2.58 bits per heavy atom. The zero-order valence-electron chi connectivity index (χ0n) is 11.9. The first-order valence-corrected chi connectivity index (χ1v) is 7.64. The van der Waals surface area contributed by atoms with E-state index < -0.39 is 0 Å². The van der Waals surface area contributed by atoms with Crippen LogP contribution in [0.5, 0.6) is 0 Å². The predicted octanol–water partition coefficient (Wildman–Crippen LogP) is 3.40. The molecule has 4 heteroatoms. The Bertz CT molecular complexity index is 405. The number of amides is 1. The average Bonchev–Trinajstić information content (AvgIpc) is 2.42. The van der Waals surface area contributed by atoms with Crippen molar-refractivity contribution in [2.24, 2.45) is 0 Å². The molecule has 0 aliphatic carbocycles. The molecule has 0 fully saturated rings. The second kappa shape index (κ2) is 8.33. The fraction of sp³-hybridized carbons (Fsp3) is 0.533. The van der Waals surface area contributed by atoms with Gasteiger partial charge in [0.1, 0.15) is 0 Å². The Kier molecular flexibility index (Phi) is 7.10. The summed E-state index contributed by atoms with van der Waals surface area (Å²) < 4.78 is 1.06. The summed E-state index contributed by atoms with van der Waals surface area (Å²) in [5.74, 6) is 0.0653. The van der Waals surface area contributed by atoms with Gasteiger partial charge in [-0.05, 0) is 37.5 Å². The van der Waals surface area contributed by atoms with Crippen LogP contribution < -0.4 is 10.6 Å². The molecule has 0 saturated heterocycles. The minimum Gasteiger partial charge on any atom is -0.352 e. The van der Waals surface area contributed by atoms with Crippen LogP contribution >= 0.6 is 15.9 Å². The smallest absolute Gasteiger partial charge is 0.234 e. The molecule has 0 bridgehead atoms. The summed E-state index contributed by atoms with van der Waals surface area (Å²) in [6.45, 7) is 6.59. The van der Waals surface area contributed by atoms with Crippen molar-refractivity contribution in [1.29, 1.82) is 0 Å². The monoisotopic (exact) mass is 326 g/mol. The van der Waals surface area contributed by atoms with E-state index in [1.807, 2.05) is 12.1 Å². The second-order valence-electron chi connectivity index (χ2n) is 4.74. The van der Waals surface area contributed by atoms with Gasteiger partial charge in [0.15, 0.2) is 0 Å². The van der Waals surface area contributed by atoms with Gasteiger partial charge < -0.3 is 10.6 Å². The number of carbonyl (C=O) groups is 1. The standard InChI is InChI=1S/C15H23BrN2O/c1-4-14(5-2)18-15(19)10-17-11(3)12-7-6-8-13(16)9-12/h6-9,11,14,17H,4-5,10H2,1-3H3,(H,18,19). The SMILES string of the molecule is CCC(CC)NC(=O)CNC(C)c1cccc(Br)c1. The largest absolute Gasteiger partial charge is 0.352 e. The van der Waals surface area contributed by atoms with Crippen molar-refractivity contribution in [3.05, 3.63) is 34.3 Å². The molecule has 1 rings (SSSR count). The van der Waals surface area contributed by atoms with Crippen LogP contribution in [0.25, 0.3) is 0 Å². The van der Waals surface area contributed by atoms with Crippen molar-refractivity contribution in [2.75, 3.05) is 6.54 Å². The molecule has 19 heavy (non-hydrogen) atoms. The van der Waals surface area contributed by atoms with E-state index in [9.17, 15) is 4.79 Å². The Morgan fingerprint density at radius 1 is 1.32 bits per heavy atom. The van der Waals surface area contributed by atoms with Crippen LogP contribution in [0.3, 0.4) is 0 Å². The van der Waals surface area contributed by atoms with E-state index in [4.69, 9.17) is 0 Å². The highest BCUT2D eigenvalue weighted by Crippen LogP contribution is 2.17. The lowest BCUT2D eigenvalue weighted by Gasteiger charge is -2.17. The molecule has 0 heterocycles. The van der Waals surface area contributed by atoms with Crippen LogP contribution in [0.15, 0.2) is 28.7 Å². The zero-order valence-corrected chi connectivity index (χ0v) is 13.5. The minimum absolute atomic E-state index is 0.0653. The lowest BCUT2D eigenvalue weighted by molar-refractivity contribution is -0.121. The van der Waals surface area contributed by atoms with Gasteiger partial charge in [0.25, 0.3) is 0 Å². The minimum atomic E-state index is 0.0653. The fourth-order valence-electron chi connectivity index (χ4n) is 1.91. The van der Waals surface area contributed by atoms with E-state index in [1.54, 1.807) is 0 Å². The highest BCUT2D eigenvalue weighted by atomic mass is 79.9. The summed E-state index contributed by atoms with van der Waals surface area (Å²) >= 11 is 3.45. The topological polar surface area (TPSA) is 41.1 Å². The predicted molar refractivity (Wildman–Crippen MR) is 83.1 cm³/mol. The molecule has 1 unspecified atom stereocenters. The molecular formula is C15H23BrN2O. The highest BCUT2D eigenvalue weighted by molar-refractivity contribution is 9.10. The molecule has 3 nitrogen and oxygen atoms in total. The first-order chi connectivity index (χ1) is 9.06. The summed E-state index contributed by atoms with van der Waals surface area (Å²) in [5.41, 5.74) is 1.17. The van der Waals surface area contributed by atoms with Crippen molar-refractivity contribution in [2.45, 2.75) is 45.7 Å². The maximum atomic E-state index is 11.8. The van der Waals surface area contributed by atoms with Gasteiger partial charge in [-0.2, -0.15) is 0 Å². The van der Waals surface area contributed by atoms with Gasteiger partial charge in [-0.3, -0.25) is 4.79 Å². The Labute approximate surface area is 124 Å². The summed E-state index contributed by atoms with van der Waals surface area (Å²) in [5, 5.41) is 6.27. The molecule has 0 spiro atoms. The van der Waals surface area contributed by atoms with Gasteiger partial charge in [-0.15, -0.1) is 0 Å². The quantitative estimate of drug-likeness (QED) is 0.806. The van der Waals surface area contributed by atoms with Gasteiger partial charge >= 0.3 is 0 Å². The first-order valence-electron chi connectivity index (χ1n) is 6.85.